The Morgan fingerprint density at radius 2 is 0.640 bits per heavy atom. The lowest BCUT2D eigenvalue weighted by Crippen LogP contribution is -2.36. The fourth-order valence-corrected chi connectivity index (χ4v) is 1.37. The molecule has 25 heavy (non-hydrogen) atoms. The summed E-state index contributed by atoms with van der Waals surface area (Å²) in [6.07, 6.45) is -35.9. The SMILES string of the molecule is F/C(=C(\C(=C(C(F)(F)F)C(F)(F)F)C(F)(F)F)C(F)(F)F)C(F)(F)F. The van der Waals surface area contributed by atoms with Gasteiger partial charge in [-0.25, -0.2) is 4.39 Å². The molecule has 0 rings (SSSR count). The molecule has 0 unspecified atom stereocenters. The summed E-state index contributed by atoms with van der Waals surface area (Å²) >= 11 is 0. The van der Waals surface area contributed by atoms with Crippen molar-refractivity contribution in [1.82, 2.24) is 0 Å². The normalized spacial score (nSPS) is 15.8. The summed E-state index contributed by atoms with van der Waals surface area (Å²) in [6, 6.07) is 0. The topological polar surface area (TPSA) is 0 Å². The van der Waals surface area contributed by atoms with Crippen LogP contribution in [0.2, 0.25) is 0 Å². The van der Waals surface area contributed by atoms with Crippen LogP contribution in [0.15, 0.2) is 22.5 Å². The number of halogens is 16. The molecule has 16 heteroatoms. The first-order chi connectivity index (χ1) is 10.5. The summed E-state index contributed by atoms with van der Waals surface area (Å²) in [7, 11) is 0. The summed E-state index contributed by atoms with van der Waals surface area (Å²) in [5, 5.41) is 0. The zero-order chi connectivity index (χ0) is 20.8. The van der Waals surface area contributed by atoms with E-state index in [4.69, 9.17) is 0 Å². The van der Waals surface area contributed by atoms with E-state index in [2.05, 4.69) is 0 Å². The maximum atomic E-state index is 12.8. The van der Waals surface area contributed by atoms with Crippen molar-refractivity contribution in [2.24, 2.45) is 0 Å². The molecule has 0 amide bonds. The molecule has 148 valence electrons. The minimum Gasteiger partial charge on any atom is -0.201 e. The van der Waals surface area contributed by atoms with Crippen LogP contribution in [0.4, 0.5) is 70.2 Å². The van der Waals surface area contributed by atoms with E-state index in [-0.39, 0.29) is 0 Å². The number of allylic oxidation sites excluding steroid dienone is 4. The van der Waals surface area contributed by atoms with Gasteiger partial charge >= 0.3 is 30.9 Å². The van der Waals surface area contributed by atoms with Gasteiger partial charge in [0.1, 0.15) is 11.1 Å². The number of hydrogen-bond acceptors (Lipinski definition) is 0. The standard InChI is InChI=1S/C9F16/c10-4(9(23,24)25)2(6(14,15)16)1(5(11,12)13)3(7(17,18)19)8(20,21)22/b4-2+. The second kappa shape index (κ2) is 6.26. The first-order valence-electron chi connectivity index (χ1n) is 5.02. The Hall–Kier alpha value is -1.64. The third kappa shape index (κ3) is 5.69. The number of rotatable bonds is 1. The van der Waals surface area contributed by atoms with Crippen molar-refractivity contribution >= 4 is 0 Å². The van der Waals surface area contributed by atoms with E-state index in [1.54, 1.807) is 0 Å². The van der Waals surface area contributed by atoms with Gasteiger partial charge in [-0.05, 0) is 0 Å². The maximum absolute atomic E-state index is 12.8. The van der Waals surface area contributed by atoms with Gasteiger partial charge in [0.15, 0.2) is 0 Å². The van der Waals surface area contributed by atoms with Crippen LogP contribution < -0.4 is 0 Å². The van der Waals surface area contributed by atoms with E-state index in [0.717, 1.165) is 0 Å². The molecule has 0 N–H and O–H groups in total. The third-order valence-corrected chi connectivity index (χ3v) is 2.10. The van der Waals surface area contributed by atoms with Crippen LogP contribution in [0.1, 0.15) is 0 Å². The Kier molecular flexibility index (Phi) is 5.85. The Bertz CT molecular complexity index is 537. The van der Waals surface area contributed by atoms with Crippen molar-refractivity contribution in [3.05, 3.63) is 22.5 Å². The fraction of sp³-hybridized carbons (Fsp3) is 0.556. The third-order valence-electron chi connectivity index (χ3n) is 2.10. The van der Waals surface area contributed by atoms with Crippen molar-refractivity contribution in [2.45, 2.75) is 30.9 Å². The average molecular weight is 412 g/mol. The van der Waals surface area contributed by atoms with Gasteiger partial charge in [-0.1, -0.05) is 0 Å². The highest BCUT2D eigenvalue weighted by Gasteiger charge is 2.63. The molecule has 0 aromatic rings. The lowest BCUT2D eigenvalue weighted by molar-refractivity contribution is -0.184. The van der Waals surface area contributed by atoms with Crippen LogP contribution in [0.5, 0.6) is 0 Å². The second-order valence-corrected chi connectivity index (χ2v) is 3.93. The summed E-state index contributed by atoms with van der Waals surface area (Å²) in [5.74, 6) is -4.82. The van der Waals surface area contributed by atoms with E-state index in [1.807, 2.05) is 0 Å². The molecule has 0 aliphatic heterocycles. The van der Waals surface area contributed by atoms with Crippen molar-refractivity contribution in [3.8, 4) is 0 Å². The molecular formula is C9F16. The molecule has 0 spiro atoms. The zero-order valence-corrected chi connectivity index (χ0v) is 10.5. The first kappa shape index (κ1) is 23.4. The van der Waals surface area contributed by atoms with Crippen LogP contribution in [0.25, 0.3) is 0 Å². The molecule has 0 fully saturated rings. The lowest BCUT2D eigenvalue weighted by Gasteiger charge is -2.25. The van der Waals surface area contributed by atoms with Gasteiger partial charge in [-0.3, -0.25) is 0 Å². The van der Waals surface area contributed by atoms with Gasteiger partial charge in [0.25, 0.3) is 0 Å². The minimum atomic E-state index is -7.30. The van der Waals surface area contributed by atoms with Crippen molar-refractivity contribution in [3.63, 3.8) is 0 Å². The molecular weight excluding hydrogens is 412 g/mol. The Morgan fingerprint density at radius 3 is 0.800 bits per heavy atom. The predicted octanol–water partition coefficient (Wildman–Crippen LogP) is 6.32. The first-order valence-corrected chi connectivity index (χ1v) is 5.02. The minimum absolute atomic E-state index is 4.79. The van der Waals surface area contributed by atoms with Gasteiger partial charge in [-0.15, -0.1) is 0 Å². The molecule has 0 saturated heterocycles. The summed E-state index contributed by atoms with van der Waals surface area (Å²) in [4.78, 5) is 0. The van der Waals surface area contributed by atoms with Crippen molar-refractivity contribution < 1.29 is 70.2 Å². The molecule has 0 nitrogen and oxygen atoms in total. The van der Waals surface area contributed by atoms with Crippen LogP contribution in [0, 0.1) is 0 Å². The van der Waals surface area contributed by atoms with E-state index in [9.17, 15) is 70.2 Å². The van der Waals surface area contributed by atoms with Gasteiger partial charge in [-0.2, -0.15) is 65.9 Å². The monoisotopic (exact) mass is 412 g/mol. The lowest BCUT2D eigenvalue weighted by atomic mass is 9.96. The van der Waals surface area contributed by atoms with Gasteiger partial charge in [0.05, 0.1) is 5.57 Å². The summed E-state index contributed by atoms with van der Waals surface area (Å²) in [5.41, 5.74) is -14.7. The molecule has 0 aliphatic carbocycles. The highest BCUT2D eigenvalue weighted by molar-refractivity contribution is 5.47. The molecule has 0 atom stereocenters. The Labute approximate surface area is 125 Å². The van der Waals surface area contributed by atoms with Crippen LogP contribution in [-0.2, 0) is 0 Å². The maximum Gasteiger partial charge on any atom is 0.443 e. The van der Waals surface area contributed by atoms with Gasteiger partial charge < -0.3 is 0 Å². The largest absolute Gasteiger partial charge is 0.443 e. The molecule has 0 aromatic carbocycles. The molecule has 0 saturated carbocycles. The van der Waals surface area contributed by atoms with Crippen molar-refractivity contribution in [2.75, 3.05) is 0 Å². The molecule has 0 radical (unpaired) electrons. The number of alkyl halides is 15. The van der Waals surface area contributed by atoms with Crippen LogP contribution >= 0.6 is 0 Å². The summed E-state index contributed by atoms with van der Waals surface area (Å²) in [6.45, 7) is 0. The zero-order valence-electron chi connectivity index (χ0n) is 10.5. The quantitative estimate of drug-likeness (QED) is 0.350. The van der Waals surface area contributed by atoms with Gasteiger partial charge in [0.2, 0.25) is 5.83 Å². The molecule has 0 aliphatic rings. The molecule has 0 heterocycles. The fourth-order valence-electron chi connectivity index (χ4n) is 1.37. The Morgan fingerprint density at radius 1 is 0.360 bits per heavy atom. The van der Waals surface area contributed by atoms with E-state index in [0.29, 0.717) is 0 Å². The number of hydrogen-bond donors (Lipinski definition) is 0. The Balaban J connectivity index is 7.57. The smallest absolute Gasteiger partial charge is 0.201 e. The molecule has 0 aromatic heterocycles. The predicted molar refractivity (Wildman–Crippen MR) is 45.4 cm³/mol. The van der Waals surface area contributed by atoms with E-state index in [1.165, 1.54) is 0 Å². The second-order valence-electron chi connectivity index (χ2n) is 3.93. The van der Waals surface area contributed by atoms with Crippen molar-refractivity contribution in [1.29, 1.82) is 0 Å². The van der Waals surface area contributed by atoms with Gasteiger partial charge in [0, 0.05) is 0 Å². The highest BCUT2D eigenvalue weighted by atomic mass is 19.4. The van der Waals surface area contributed by atoms with E-state index >= 15 is 0 Å². The van der Waals surface area contributed by atoms with Crippen LogP contribution in [-0.4, -0.2) is 30.9 Å². The average Bonchev–Trinajstić information content (AvgIpc) is 2.19. The van der Waals surface area contributed by atoms with E-state index < -0.39 is 53.4 Å². The molecule has 0 bridgehead atoms. The van der Waals surface area contributed by atoms with Crippen LogP contribution in [0.3, 0.4) is 0 Å². The summed E-state index contributed by atoms with van der Waals surface area (Å²) < 4.78 is 196. The highest BCUT2D eigenvalue weighted by Crippen LogP contribution is 2.52.